The molecule has 0 aliphatic heterocycles. The average molecular weight is 466 g/mol. The highest BCUT2D eigenvalue weighted by Crippen LogP contribution is 2.23. The zero-order chi connectivity index (χ0) is 18.6. The van der Waals surface area contributed by atoms with E-state index in [9.17, 15) is 18.4 Å². The van der Waals surface area contributed by atoms with Gasteiger partial charge in [-0.1, -0.05) is 0 Å². The fraction of sp³-hybridized carbons (Fsp3) is 0.125. The van der Waals surface area contributed by atoms with E-state index in [0.29, 0.717) is 11.1 Å². The van der Waals surface area contributed by atoms with Gasteiger partial charge in [0, 0.05) is 0 Å². The third kappa shape index (κ3) is 4.85. The summed E-state index contributed by atoms with van der Waals surface area (Å²) in [4.78, 5) is 21.1. The lowest BCUT2D eigenvalue weighted by molar-refractivity contribution is 0.0685. The van der Waals surface area contributed by atoms with Crippen LogP contribution >= 0.6 is 31.9 Å². The Hall–Kier alpha value is -1.80. The van der Waals surface area contributed by atoms with Crippen molar-refractivity contribution in [2.75, 3.05) is 0 Å². The second-order valence-corrected chi connectivity index (χ2v) is 6.37. The van der Waals surface area contributed by atoms with Gasteiger partial charge in [0.25, 0.3) is 0 Å². The highest BCUT2D eigenvalue weighted by Gasteiger charge is 2.12. The molecule has 2 rings (SSSR count). The lowest BCUT2D eigenvalue weighted by atomic mass is 10.1. The van der Waals surface area contributed by atoms with Gasteiger partial charge in [0.15, 0.2) is 0 Å². The first kappa shape index (κ1) is 20.2. The van der Waals surface area contributed by atoms with Gasteiger partial charge in [-0.15, -0.1) is 0 Å². The summed E-state index contributed by atoms with van der Waals surface area (Å²) in [6.07, 6.45) is 0. The maximum Gasteiger partial charge on any atom is 0.335 e. The molecule has 0 spiro atoms. The van der Waals surface area contributed by atoms with Gasteiger partial charge >= 0.3 is 11.9 Å². The molecule has 8 heteroatoms. The number of aromatic carboxylic acids is 2. The molecule has 0 atom stereocenters. The summed E-state index contributed by atoms with van der Waals surface area (Å²) in [5.74, 6) is -2.99. The first-order chi connectivity index (χ1) is 11.1. The molecule has 0 unspecified atom stereocenters. The van der Waals surface area contributed by atoms with E-state index >= 15 is 0 Å². The van der Waals surface area contributed by atoms with Crippen LogP contribution in [0.4, 0.5) is 8.78 Å². The van der Waals surface area contributed by atoms with E-state index in [0.717, 1.165) is 6.07 Å². The minimum atomic E-state index is -1.05. The van der Waals surface area contributed by atoms with E-state index in [1.807, 2.05) is 0 Å². The van der Waals surface area contributed by atoms with E-state index in [-0.39, 0.29) is 20.1 Å². The van der Waals surface area contributed by atoms with Crippen molar-refractivity contribution in [3.05, 3.63) is 67.1 Å². The Kier molecular flexibility index (Phi) is 7.04. The van der Waals surface area contributed by atoms with Crippen LogP contribution in [0.1, 0.15) is 31.8 Å². The molecule has 0 heterocycles. The zero-order valence-electron chi connectivity index (χ0n) is 12.5. The van der Waals surface area contributed by atoms with Gasteiger partial charge in [-0.05, 0) is 81.1 Å². The maximum atomic E-state index is 12.8. The number of aryl methyl sites for hydroxylation is 1. The van der Waals surface area contributed by atoms with Crippen LogP contribution in [0.2, 0.25) is 0 Å². The molecule has 0 radical (unpaired) electrons. The quantitative estimate of drug-likeness (QED) is 0.640. The lowest BCUT2D eigenvalue weighted by Crippen LogP contribution is -2.00. The third-order valence-electron chi connectivity index (χ3n) is 3.07. The number of carbonyl (C=O) groups is 2. The molecule has 0 amide bonds. The van der Waals surface area contributed by atoms with Crippen molar-refractivity contribution in [1.29, 1.82) is 0 Å². The summed E-state index contributed by atoms with van der Waals surface area (Å²) in [7, 11) is 0. The molecule has 0 saturated heterocycles. The lowest BCUT2D eigenvalue weighted by Gasteiger charge is -2.03. The zero-order valence-corrected chi connectivity index (χ0v) is 15.7. The molecule has 2 aromatic rings. The van der Waals surface area contributed by atoms with Gasteiger partial charge < -0.3 is 10.2 Å². The Balaban J connectivity index is 0.000000240. The van der Waals surface area contributed by atoms with Gasteiger partial charge in [-0.2, -0.15) is 0 Å². The van der Waals surface area contributed by atoms with Crippen LogP contribution in [-0.2, 0) is 0 Å². The van der Waals surface area contributed by atoms with Gasteiger partial charge in [0.05, 0.1) is 20.1 Å². The maximum absolute atomic E-state index is 12.8. The number of rotatable bonds is 2. The Bertz CT molecular complexity index is 795. The Morgan fingerprint density at radius 3 is 1.96 bits per heavy atom. The second-order valence-electron chi connectivity index (χ2n) is 4.73. The Morgan fingerprint density at radius 1 is 0.917 bits per heavy atom. The summed E-state index contributed by atoms with van der Waals surface area (Å²) in [6.45, 7) is 3.11. The number of carboxylic acids is 2. The number of benzene rings is 2. The van der Waals surface area contributed by atoms with E-state index < -0.39 is 23.6 Å². The minimum absolute atomic E-state index is 0.114. The first-order valence-electron chi connectivity index (χ1n) is 6.43. The van der Waals surface area contributed by atoms with Gasteiger partial charge in [0.2, 0.25) is 0 Å². The average Bonchev–Trinajstić information content (AvgIpc) is 2.48. The normalized spacial score (nSPS) is 9.92. The molecule has 24 heavy (non-hydrogen) atoms. The fourth-order valence-electron chi connectivity index (χ4n) is 1.76. The summed E-state index contributed by atoms with van der Waals surface area (Å²) in [6, 6.07) is 4.82. The standard InChI is InChI=1S/2C8H6BrFO2/c1-4-2-7(10)6(9)3-5(4)8(11)12;1-4-5(8(11)12)2-3-6(10)7(4)9/h2*2-3H,1H3,(H,11,12). The number of carboxylic acid groups (broad SMARTS) is 2. The van der Waals surface area contributed by atoms with Crippen molar-refractivity contribution in [2.45, 2.75) is 13.8 Å². The van der Waals surface area contributed by atoms with Crippen LogP contribution in [0.15, 0.2) is 33.2 Å². The second kappa shape index (κ2) is 8.34. The predicted octanol–water partition coefficient (Wildman–Crippen LogP) is 5.19. The molecular weight excluding hydrogens is 454 g/mol. The van der Waals surface area contributed by atoms with Gasteiger partial charge in [-0.3, -0.25) is 0 Å². The predicted molar refractivity (Wildman–Crippen MR) is 91.6 cm³/mol. The number of hydrogen-bond acceptors (Lipinski definition) is 2. The molecular formula is C16H12Br2F2O4. The number of hydrogen-bond donors (Lipinski definition) is 2. The molecule has 0 aromatic heterocycles. The topological polar surface area (TPSA) is 74.6 Å². The summed E-state index contributed by atoms with van der Waals surface area (Å²) in [5, 5.41) is 17.3. The molecule has 128 valence electrons. The van der Waals surface area contributed by atoms with Crippen molar-refractivity contribution < 1.29 is 28.6 Å². The monoisotopic (exact) mass is 464 g/mol. The van der Waals surface area contributed by atoms with E-state index in [2.05, 4.69) is 31.9 Å². The van der Waals surface area contributed by atoms with Crippen molar-refractivity contribution in [1.82, 2.24) is 0 Å². The van der Waals surface area contributed by atoms with Gasteiger partial charge in [-0.25, -0.2) is 18.4 Å². The highest BCUT2D eigenvalue weighted by molar-refractivity contribution is 9.10. The molecule has 0 aliphatic rings. The van der Waals surface area contributed by atoms with Crippen molar-refractivity contribution in [3.8, 4) is 0 Å². The van der Waals surface area contributed by atoms with Crippen LogP contribution in [0.25, 0.3) is 0 Å². The highest BCUT2D eigenvalue weighted by atomic mass is 79.9. The SMILES string of the molecule is Cc1c(C(=O)O)ccc(F)c1Br.Cc1cc(F)c(Br)cc1C(=O)O. The third-order valence-corrected chi connectivity index (χ3v) is 4.65. The minimum Gasteiger partial charge on any atom is -0.478 e. The summed E-state index contributed by atoms with van der Waals surface area (Å²) >= 11 is 5.87. The van der Waals surface area contributed by atoms with Crippen LogP contribution < -0.4 is 0 Å². The Labute approximate surface area is 153 Å². The van der Waals surface area contributed by atoms with E-state index in [1.54, 1.807) is 13.8 Å². The van der Waals surface area contributed by atoms with Crippen LogP contribution in [0.5, 0.6) is 0 Å². The van der Waals surface area contributed by atoms with Crippen LogP contribution in [-0.4, -0.2) is 22.2 Å². The molecule has 0 saturated carbocycles. The Morgan fingerprint density at radius 2 is 1.46 bits per heavy atom. The molecule has 2 N–H and O–H groups in total. The molecule has 2 aromatic carbocycles. The summed E-state index contributed by atoms with van der Waals surface area (Å²) in [5.41, 5.74) is 1.05. The van der Waals surface area contributed by atoms with Crippen molar-refractivity contribution in [3.63, 3.8) is 0 Å². The van der Waals surface area contributed by atoms with E-state index in [1.165, 1.54) is 18.2 Å². The molecule has 0 bridgehead atoms. The van der Waals surface area contributed by atoms with Crippen molar-refractivity contribution in [2.24, 2.45) is 0 Å². The first-order valence-corrected chi connectivity index (χ1v) is 8.01. The van der Waals surface area contributed by atoms with Crippen LogP contribution in [0, 0.1) is 25.5 Å². The fourth-order valence-corrected chi connectivity index (χ4v) is 2.45. The van der Waals surface area contributed by atoms with Crippen LogP contribution in [0.3, 0.4) is 0 Å². The van der Waals surface area contributed by atoms with E-state index in [4.69, 9.17) is 10.2 Å². The van der Waals surface area contributed by atoms with Crippen molar-refractivity contribution >= 4 is 43.8 Å². The molecule has 0 fully saturated rings. The molecule has 4 nitrogen and oxygen atoms in total. The number of halogens is 4. The smallest absolute Gasteiger partial charge is 0.335 e. The largest absolute Gasteiger partial charge is 0.478 e. The van der Waals surface area contributed by atoms with Gasteiger partial charge in [0.1, 0.15) is 11.6 Å². The summed E-state index contributed by atoms with van der Waals surface area (Å²) < 4.78 is 25.9. The molecule has 0 aliphatic carbocycles.